The van der Waals surface area contributed by atoms with Gasteiger partial charge in [-0.05, 0) is 59.9 Å². The second-order valence-corrected chi connectivity index (χ2v) is 9.09. The van der Waals surface area contributed by atoms with Crippen LogP contribution in [0.25, 0.3) is 0 Å². The minimum absolute atomic E-state index is 0.0573. The molecule has 3 rings (SSSR count). The lowest BCUT2D eigenvalue weighted by Crippen LogP contribution is -2.19. The third kappa shape index (κ3) is 4.49. The van der Waals surface area contributed by atoms with Gasteiger partial charge in [0.05, 0.1) is 41.5 Å². The van der Waals surface area contributed by atoms with E-state index in [-0.39, 0.29) is 17.1 Å². The minimum atomic E-state index is -0.401. The third-order valence-corrected chi connectivity index (χ3v) is 6.74. The molecule has 0 bridgehead atoms. The number of ether oxygens (including phenoxy) is 2. The molecule has 2 aromatic heterocycles. The number of thioether (sulfide) groups is 1. The molecule has 30 heavy (non-hydrogen) atoms. The summed E-state index contributed by atoms with van der Waals surface area (Å²) in [4.78, 5) is 33.2. The van der Waals surface area contributed by atoms with Crippen LogP contribution in [0.2, 0.25) is 0 Å². The van der Waals surface area contributed by atoms with Gasteiger partial charge in [-0.1, -0.05) is 11.8 Å². The number of rotatable bonds is 8. The number of ketones is 1. The summed E-state index contributed by atoms with van der Waals surface area (Å²) in [5.41, 5.74) is 4.26. The second kappa shape index (κ2) is 9.39. The summed E-state index contributed by atoms with van der Waals surface area (Å²) in [7, 11) is 0. The van der Waals surface area contributed by atoms with Gasteiger partial charge in [-0.2, -0.15) is 0 Å². The molecule has 1 fully saturated rings. The van der Waals surface area contributed by atoms with Crippen LogP contribution >= 0.6 is 11.8 Å². The highest BCUT2D eigenvalue weighted by Crippen LogP contribution is 2.30. The van der Waals surface area contributed by atoms with Crippen LogP contribution in [0.3, 0.4) is 0 Å². The molecule has 0 radical (unpaired) electrons. The lowest BCUT2D eigenvalue weighted by atomic mass is 10.1. The highest BCUT2D eigenvalue weighted by molar-refractivity contribution is 8.00. The first kappa shape index (κ1) is 22.6. The van der Waals surface area contributed by atoms with Crippen LogP contribution in [-0.4, -0.2) is 50.9 Å². The van der Waals surface area contributed by atoms with Crippen molar-refractivity contribution >= 4 is 23.5 Å². The lowest BCUT2D eigenvalue weighted by molar-refractivity contribution is 0.0525. The van der Waals surface area contributed by atoms with Gasteiger partial charge in [0.15, 0.2) is 10.9 Å². The predicted molar refractivity (Wildman–Crippen MR) is 117 cm³/mol. The van der Waals surface area contributed by atoms with Gasteiger partial charge < -0.3 is 19.0 Å². The highest BCUT2D eigenvalue weighted by atomic mass is 32.2. The SMILES string of the molecule is CCOC(=O)c1c(C)[nH]c(C(=O)[C@@H](C)Sc2nc(C)c(C)n2C[C@H]2CCCO2)c1C. The van der Waals surface area contributed by atoms with E-state index in [1.807, 2.05) is 13.8 Å². The van der Waals surface area contributed by atoms with Crippen molar-refractivity contribution in [2.75, 3.05) is 13.2 Å². The fourth-order valence-corrected chi connectivity index (χ4v) is 4.91. The van der Waals surface area contributed by atoms with E-state index >= 15 is 0 Å². The Bertz CT molecular complexity index is 941. The predicted octanol–water partition coefficient (Wildman–Crippen LogP) is 4.16. The molecule has 2 atom stereocenters. The number of aromatic nitrogens is 3. The summed E-state index contributed by atoms with van der Waals surface area (Å²) < 4.78 is 13.1. The Hall–Kier alpha value is -2.06. The molecule has 8 heteroatoms. The number of carbonyl (C=O) groups excluding carboxylic acids is 2. The number of H-pyrrole nitrogens is 1. The molecule has 7 nitrogen and oxygen atoms in total. The first-order valence-electron chi connectivity index (χ1n) is 10.5. The van der Waals surface area contributed by atoms with Crippen molar-refractivity contribution < 1.29 is 19.1 Å². The summed E-state index contributed by atoms with van der Waals surface area (Å²) >= 11 is 1.44. The Morgan fingerprint density at radius 1 is 1.33 bits per heavy atom. The molecular formula is C22H31N3O4S. The van der Waals surface area contributed by atoms with Crippen LogP contribution in [-0.2, 0) is 16.0 Å². The van der Waals surface area contributed by atoms with Crippen molar-refractivity contribution in [3.63, 3.8) is 0 Å². The normalized spacial score (nSPS) is 17.3. The molecule has 1 aliphatic heterocycles. The number of nitrogens with zero attached hydrogens (tertiary/aromatic N) is 2. The van der Waals surface area contributed by atoms with Crippen molar-refractivity contribution in [3.05, 3.63) is 33.9 Å². The van der Waals surface area contributed by atoms with Gasteiger partial charge in [-0.3, -0.25) is 4.79 Å². The monoisotopic (exact) mass is 433 g/mol. The number of esters is 1. The summed E-state index contributed by atoms with van der Waals surface area (Å²) in [6.45, 7) is 13.1. The molecule has 1 saturated heterocycles. The van der Waals surface area contributed by atoms with E-state index in [9.17, 15) is 9.59 Å². The molecule has 2 aromatic rings. The van der Waals surface area contributed by atoms with Crippen LogP contribution in [0.5, 0.6) is 0 Å². The van der Waals surface area contributed by atoms with Gasteiger partial charge in [0.25, 0.3) is 0 Å². The Morgan fingerprint density at radius 3 is 2.70 bits per heavy atom. The number of aryl methyl sites for hydroxylation is 2. The van der Waals surface area contributed by atoms with Crippen molar-refractivity contribution in [1.29, 1.82) is 0 Å². The number of imidazole rings is 1. The van der Waals surface area contributed by atoms with Gasteiger partial charge >= 0.3 is 5.97 Å². The molecule has 164 valence electrons. The summed E-state index contributed by atoms with van der Waals surface area (Å²) in [5.74, 6) is -0.459. The van der Waals surface area contributed by atoms with E-state index in [1.54, 1.807) is 20.8 Å². The van der Waals surface area contributed by atoms with Gasteiger partial charge in [-0.15, -0.1) is 0 Å². The van der Waals surface area contributed by atoms with Gasteiger partial charge in [0, 0.05) is 18.0 Å². The van der Waals surface area contributed by atoms with E-state index in [0.717, 1.165) is 42.5 Å². The molecule has 1 aliphatic rings. The van der Waals surface area contributed by atoms with Crippen molar-refractivity contribution in [3.8, 4) is 0 Å². The molecule has 0 saturated carbocycles. The zero-order chi connectivity index (χ0) is 22.0. The largest absolute Gasteiger partial charge is 0.462 e. The Balaban J connectivity index is 1.81. The van der Waals surface area contributed by atoms with Gasteiger partial charge in [0.2, 0.25) is 0 Å². The fraction of sp³-hybridized carbons (Fsp3) is 0.591. The summed E-state index contributed by atoms with van der Waals surface area (Å²) in [5, 5.41) is 0.467. The molecular weight excluding hydrogens is 402 g/mol. The average molecular weight is 434 g/mol. The molecule has 0 aliphatic carbocycles. The smallest absolute Gasteiger partial charge is 0.340 e. The Morgan fingerprint density at radius 2 is 2.07 bits per heavy atom. The zero-order valence-corrected chi connectivity index (χ0v) is 19.4. The number of carbonyl (C=O) groups is 2. The lowest BCUT2D eigenvalue weighted by Gasteiger charge is -2.16. The van der Waals surface area contributed by atoms with Crippen molar-refractivity contribution in [1.82, 2.24) is 14.5 Å². The van der Waals surface area contributed by atoms with Crippen LogP contribution < -0.4 is 0 Å². The Kier molecular flexibility index (Phi) is 7.08. The van der Waals surface area contributed by atoms with Crippen LogP contribution in [0.4, 0.5) is 0 Å². The minimum Gasteiger partial charge on any atom is -0.462 e. The number of Topliss-reactive ketones (excluding diaryl/α,β-unsaturated/α-hetero) is 1. The van der Waals surface area contributed by atoms with Crippen LogP contribution in [0.15, 0.2) is 5.16 Å². The van der Waals surface area contributed by atoms with E-state index in [1.165, 1.54) is 11.8 Å². The third-order valence-electron chi connectivity index (χ3n) is 5.65. The molecule has 0 spiro atoms. The van der Waals surface area contributed by atoms with Crippen LogP contribution in [0, 0.1) is 27.7 Å². The number of nitrogens with one attached hydrogen (secondary N) is 1. The van der Waals surface area contributed by atoms with E-state index in [4.69, 9.17) is 14.5 Å². The average Bonchev–Trinajstić information content (AvgIpc) is 3.37. The molecule has 1 N–H and O–H groups in total. The topological polar surface area (TPSA) is 86.2 Å². The number of aromatic amines is 1. The Labute approximate surface area is 181 Å². The first-order chi connectivity index (χ1) is 14.2. The second-order valence-electron chi connectivity index (χ2n) is 7.78. The standard InChI is InChI=1S/C22H31N3O4S/c1-7-28-21(27)18-12(2)19(23-14(18)4)20(26)16(6)30-22-24-13(3)15(5)25(22)11-17-9-8-10-29-17/h16-17,23H,7-11H2,1-6H3/t16-,17-/m1/s1. The van der Waals surface area contributed by atoms with Crippen LogP contribution in [0.1, 0.15) is 70.2 Å². The van der Waals surface area contributed by atoms with Crippen molar-refractivity contribution in [2.45, 2.75) is 77.4 Å². The van der Waals surface area contributed by atoms with Gasteiger partial charge in [0.1, 0.15) is 0 Å². The van der Waals surface area contributed by atoms with E-state index < -0.39 is 5.97 Å². The zero-order valence-electron chi connectivity index (χ0n) is 18.6. The summed E-state index contributed by atoms with van der Waals surface area (Å²) in [6, 6.07) is 0. The molecule has 0 aromatic carbocycles. The first-order valence-corrected chi connectivity index (χ1v) is 11.3. The van der Waals surface area contributed by atoms with Crippen molar-refractivity contribution in [2.24, 2.45) is 0 Å². The summed E-state index contributed by atoms with van der Waals surface area (Å²) in [6.07, 6.45) is 2.33. The number of hydrogen-bond donors (Lipinski definition) is 1. The van der Waals surface area contributed by atoms with Gasteiger partial charge in [-0.25, -0.2) is 9.78 Å². The quantitative estimate of drug-likeness (QED) is 0.382. The highest BCUT2D eigenvalue weighted by Gasteiger charge is 2.28. The fourth-order valence-electron chi connectivity index (χ4n) is 3.84. The maximum Gasteiger partial charge on any atom is 0.340 e. The number of hydrogen-bond acceptors (Lipinski definition) is 6. The maximum atomic E-state index is 13.2. The molecule has 0 amide bonds. The molecule has 3 heterocycles. The van der Waals surface area contributed by atoms with E-state index in [2.05, 4.69) is 16.5 Å². The van der Waals surface area contributed by atoms with E-state index in [0.29, 0.717) is 29.1 Å². The molecule has 0 unspecified atom stereocenters. The maximum absolute atomic E-state index is 13.2.